The summed E-state index contributed by atoms with van der Waals surface area (Å²) in [5.41, 5.74) is 8.48. The van der Waals surface area contributed by atoms with E-state index >= 15 is 0 Å². The van der Waals surface area contributed by atoms with Crippen LogP contribution in [0, 0.1) is 11.6 Å². The summed E-state index contributed by atoms with van der Waals surface area (Å²) in [6, 6.07) is 23.4. The Morgan fingerprint density at radius 1 is 0.956 bits per heavy atom. The Labute approximate surface area is 262 Å². The molecule has 0 spiro atoms. The van der Waals surface area contributed by atoms with Crippen molar-refractivity contribution in [2.45, 2.75) is 50.7 Å². The molecule has 3 N–H and O–H groups in total. The van der Waals surface area contributed by atoms with E-state index in [2.05, 4.69) is 30.6 Å². The van der Waals surface area contributed by atoms with Crippen LogP contribution in [0.5, 0.6) is 5.75 Å². The highest BCUT2D eigenvalue weighted by molar-refractivity contribution is 5.83. The van der Waals surface area contributed by atoms with Crippen LogP contribution in [0.25, 0.3) is 11.3 Å². The van der Waals surface area contributed by atoms with Crippen LogP contribution in [0.2, 0.25) is 0 Å². The standard InChI is InChI=1S/C37H39F2N3O3/c1-25(32-18-13-28(38)24-34(32)39)33-19-20-36(43)42(37(33)40)29-14-16-30(17-15-29)44-22-8-21-41-35(23-27-9-4-3-5-10-27)26(2)45-31-11-6-7-12-31/h3-5,9-10,13-20,24,31,35,41H,1-2,6-8,11-12,21-23,40H2/t35-/m0/s1. The van der Waals surface area contributed by atoms with Gasteiger partial charge in [0.15, 0.2) is 0 Å². The molecule has 1 heterocycles. The second-order valence-corrected chi connectivity index (χ2v) is 11.3. The maximum absolute atomic E-state index is 14.4. The predicted octanol–water partition coefficient (Wildman–Crippen LogP) is 7.20. The molecule has 1 aliphatic rings. The first-order valence-corrected chi connectivity index (χ1v) is 15.3. The zero-order valence-corrected chi connectivity index (χ0v) is 25.3. The number of nitrogens with one attached hydrogen (secondary N) is 1. The molecule has 234 valence electrons. The molecule has 0 radical (unpaired) electrons. The van der Waals surface area contributed by atoms with Gasteiger partial charge < -0.3 is 20.5 Å². The highest BCUT2D eigenvalue weighted by Gasteiger charge is 2.21. The predicted molar refractivity (Wildman–Crippen MR) is 175 cm³/mol. The second kappa shape index (κ2) is 14.9. The number of hydrogen-bond acceptors (Lipinski definition) is 5. The fourth-order valence-electron chi connectivity index (χ4n) is 5.64. The average Bonchev–Trinajstić information content (AvgIpc) is 3.54. The van der Waals surface area contributed by atoms with Gasteiger partial charge in [-0.2, -0.15) is 0 Å². The van der Waals surface area contributed by atoms with E-state index in [9.17, 15) is 13.6 Å². The molecule has 0 unspecified atom stereocenters. The van der Waals surface area contributed by atoms with Gasteiger partial charge >= 0.3 is 0 Å². The van der Waals surface area contributed by atoms with Crippen molar-refractivity contribution in [2.75, 3.05) is 18.9 Å². The number of nitrogen functional groups attached to an aromatic ring is 1. The van der Waals surface area contributed by atoms with Crippen molar-refractivity contribution in [2.24, 2.45) is 0 Å². The Hall–Kier alpha value is -4.69. The van der Waals surface area contributed by atoms with Gasteiger partial charge in [-0.1, -0.05) is 43.5 Å². The number of halogens is 2. The van der Waals surface area contributed by atoms with Crippen molar-refractivity contribution in [3.8, 4) is 11.4 Å². The molecule has 1 atom stereocenters. The number of rotatable bonds is 14. The van der Waals surface area contributed by atoms with E-state index in [1.165, 1.54) is 41.2 Å². The largest absolute Gasteiger partial charge is 0.494 e. The molecule has 8 heteroatoms. The summed E-state index contributed by atoms with van der Waals surface area (Å²) in [4.78, 5) is 12.8. The second-order valence-electron chi connectivity index (χ2n) is 11.3. The van der Waals surface area contributed by atoms with Gasteiger partial charge in [0.1, 0.15) is 29.0 Å². The van der Waals surface area contributed by atoms with Gasteiger partial charge in [0.05, 0.1) is 24.4 Å². The number of aromatic nitrogens is 1. The molecule has 6 nitrogen and oxygen atoms in total. The first-order chi connectivity index (χ1) is 21.8. The summed E-state index contributed by atoms with van der Waals surface area (Å²) in [5.74, 6) is 0.0756. The Kier molecular flexibility index (Phi) is 10.5. The van der Waals surface area contributed by atoms with E-state index in [1.807, 2.05) is 18.2 Å². The van der Waals surface area contributed by atoms with Crippen LogP contribution < -0.4 is 21.3 Å². The van der Waals surface area contributed by atoms with Crippen LogP contribution in [0.3, 0.4) is 0 Å². The summed E-state index contributed by atoms with van der Waals surface area (Å²) in [7, 11) is 0. The first kappa shape index (κ1) is 31.7. The maximum Gasteiger partial charge on any atom is 0.256 e. The first-order valence-electron chi connectivity index (χ1n) is 15.3. The molecule has 0 amide bonds. The molecule has 1 saturated carbocycles. The van der Waals surface area contributed by atoms with E-state index in [0.717, 1.165) is 50.1 Å². The van der Waals surface area contributed by atoms with Gasteiger partial charge in [0.2, 0.25) is 0 Å². The van der Waals surface area contributed by atoms with Gasteiger partial charge in [0.25, 0.3) is 5.56 Å². The molecule has 0 aliphatic heterocycles. The van der Waals surface area contributed by atoms with Gasteiger partial charge in [-0.05, 0) is 98.7 Å². The third-order valence-corrected chi connectivity index (χ3v) is 8.08. The number of nitrogens with zero attached hydrogens (tertiary/aromatic N) is 1. The van der Waals surface area contributed by atoms with E-state index in [-0.39, 0.29) is 34.7 Å². The monoisotopic (exact) mass is 611 g/mol. The van der Waals surface area contributed by atoms with Crippen molar-refractivity contribution < 1.29 is 18.3 Å². The van der Waals surface area contributed by atoms with Crippen molar-refractivity contribution in [3.05, 3.63) is 143 Å². The molecule has 0 bridgehead atoms. The van der Waals surface area contributed by atoms with Crippen molar-refractivity contribution in [1.82, 2.24) is 9.88 Å². The SMILES string of the molecule is C=C(c1ccc(F)cc1F)c1ccc(=O)n(-c2ccc(OCCCN[C@@H](Cc3ccccc3)C(=C)OC3CCCC3)cc2)c1N. The summed E-state index contributed by atoms with van der Waals surface area (Å²) in [5, 5.41) is 3.60. The lowest BCUT2D eigenvalue weighted by Crippen LogP contribution is -2.36. The Bertz CT molecular complexity index is 1680. The summed E-state index contributed by atoms with van der Waals surface area (Å²) in [6.07, 6.45) is 6.40. The fourth-order valence-corrected chi connectivity index (χ4v) is 5.64. The van der Waals surface area contributed by atoms with Crippen LogP contribution in [0.4, 0.5) is 14.6 Å². The highest BCUT2D eigenvalue weighted by atomic mass is 19.1. The average molecular weight is 612 g/mol. The van der Waals surface area contributed by atoms with Crippen LogP contribution in [0.1, 0.15) is 48.8 Å². The lowest BCUT2D eigenvalue weighted by molar-refractivity contribution is 0.105. The molecule has 1 aromatic heterocycles. The van der Waals surface area contributed by atoms with Crippen LogP contribution in [-0.2, 0) is 11.2 Å². The van der Waals surface area contributed by atoms with Gasteiger partial charge in [-0.15, -0.1) is 0 Å². The van der Waals surface area contributed by atoms with Crippen molar-refractivity contribution in [1.29, 1.82) is 0 Å². The summed E-state index contributed by atoms with van der Waals surface area (Å²) >= 11 is 0. The van der Waals surface area contributed by atoms with Gasteiger partial charge in [-0.3, -0.25) is 9.36 Å². The molecule has 0 saturated heterocycles. The number of ether oxygens (including phenoxy) is 2. The zero-order valence-electron chi connectivity index (χ0n) is 25.3. The Morgan fingerprint density at radius 2 is 1.67 bits per heavy atom. The quantitative estimate of drug-likeness (QED) is 0.116. The molecular weight excluding hydrogens is 572 g/mol. The minimum atomic E-state index is -0.761. The molecule has 4 aromatic rings. The number of anilines is 1. The number of pyridine rings is 1. The fraction of sp³-hybridized carbons (Fsp3) is 0.270. The molecule has 45 heavy (non-hydrogen) atoms. The lowest BCUT2D eigenvalue weighted by Gasteiger charge is -2.24. The Balaban J connectivity index is 1.18. The van der Waals surface area contributed by atoms with E-state index in [4.69, 9.17) is 15.2 Å². The minimum absolute atomic E-state index is 0.00227. The molecule has 1 fully saturated rings. The lowest BCUT2D eigenvalue weighted by atomic mass is 9.99. The normalized spacial score (nSPS) is 13.8. The van der Waals surface area contributed by atoms with Crippen molar-refractivity contribution in [3.63, 3.8) is 0 Å². The smallest absolute Gasteiger partial charge is 0.256 e. The minimum Gasteiger partial charge on any atom is -0.494 e. The Morgan fingerprint density at radius 3 is 2.38 bits per heavy atom. The molecule has 5 rings (SSSR count). The molecule has 1 aliphatic carbocycles. The number of hydrogen-bond donors (Lipinski definition) is 2. The van der Waals surface area contributed by atoms with Crippen LogP contribution in [-0.4, -0.2) is 29.9 Å². The topological polar surface area (TPSA) is 78.5 Å². The molecule has 3 aromatic carbocycles. The van der Waals surface area contributed by atoms with E-state index < -0.39 is 11.6 Å². The highest BCUT2D eigenvalue weighted by Crippen LogP contribution is 2.29. The van der Waals surface area contributed by atoms with E-state index in [0.29, 0.717) is 23.6 Å². The third-order valence-electron chi connectivity index (χ3n) is 8.08. The summed E-state index contributed by atoms with van der Waals surface area (Å²) in [6.45, 7) is 9.41. The third kappa shape index (κ3) is 8.08. The molecular formula is C37H39F2N3O3. The van der Waals surface area contributed by atoms with Gasteiger partial charge in [0, 0.05) is 23.3 Å². The van der Waals surface area contributed by atoms with Gasteiger partial charge in [-0.25, -0.2) is 8.78 Å². The van der Waals surface area contributed by atoms with Crippen LogP contribution >= 0.6 is 0 Å². The maximum atomic E-state index is 14.4. The number of benzene rings is 3. The number of nitrogens with two attached hydrogens (primary N) is 1. The summed E-state index contributed by atoms with van der Waals surface area (Å²) < 4.78 is 41.4. The van der Waals surface area contributed by atoms with Crippen molar-refractivity contribution >= 4 is 11.4 Å². The zero-order chi connectivity index (χ0) is 31.8. The van der Waals surface area contributed by atoms with Crippen LogP contribution in [0.15, 0.2) is 109 Å². The van der Waals surface area contributed by atoms with E-state index in [1.54, 1.807) is 24.3 Å².